The molecule has 110 valence electrons. The highest BCUT2D eigenvalue weighted by Gasteiger charge is 2.09. The van der Waals surface area contributed by atoms with Crippen molar-refractivity contribution in [3.05, 3.63) is 46.7 Å². The third kappa shape index (κ3) is 4.16. The van der Waals surface area contributed by atoms with E-state index in [0.717, 1.165) is 5.56 Å². The maximum atomic E-state index is 12.1. The van der Waals surface area contributed by atoms with Crippen molar-refractivity contribution in [3.8, 4) is 0 Å². The predicted molar refractivity (Wildman–Crippen MR) is 84.9 cm³/mol. The van der Waals surface area contributed by atoms with Gasteiger partial charge in [-0.3, -0.25) is 4.79 Å². The minimum Gasteiger partial charge on any atom is -0.352 e. The highest BCUT2D eigenvalue weighted by atomic mass is 35.5. The molecule has 6 heteroatoms. The van der Waals surface area contributed by atoms with Gasteiger partial charge in [-0.15, -0.1) is 0 Å². The van der Waals surface area contributed by atoms with E-state index in [2.05, 4.69) is 20.6 Å². The van der Waals surface area contributed by atoms with Crippen LogP contribution in [0.2, 0.25) is 5.02 Å². The van der Waals surface area contributed by atoms with Crippen molar-refractivity contribution >= 4 is 29.1 Å². The Bertz CT molecular complexity index is 641. The molecule has 1 heterocycles. The molecular weight excluding hydrogens is 288 g/mol. The van der Waals surface area contributed by atoms with E-state index < -0.39 is 0 Å². The van der Waals surface area contributed by atoms with Crippen LogP contribution in [0.4, 0.5) is 11.6 Å². The van der Waals surface area contributed by atoms with Gasteiger partial charge in [-0.25, -0.2) is 9.97 Å². The van der Waals surface area contributed by atoms with E-state index in [1.54, 1.807) is 18.2 Å². The number of carbonyl (C=O) groups excluding carboxylic acids is 1. The van der Waals surface area contributed by atoms with Crippen LogP contribution in [-0.4, -0.2) is 21.9 Å². The quantitative estimate of drug-likeness (QED) is 0.907. The zero-order valence-corrected chi connectivity index (χ0v) is 12.9. The molecule has 2 N–H and O–H groups in total. The number of hydrogen-bond donors (Lipinski definition) is 2. The second kappa shape index (κ2) is 6.54. The molecular formula is C15H17ClN4O. The molecule has 0 bridgehead atoms. The molecule has 0 unspecified atom stereocenters. The first-order chi connectivity index (χ1) is 9.95. The van der Waals surface area contributed by atoms with Crippen LogP contribution in [-0.2, 0) is 0 Å². The molecule has 2 aromatic rings. The Morgan fingerprint density at radius 1 is 1.24 bits per heavy atom. The molecule has 1 aromatic carbocycles. The number of rotatable bonds is 4. The van der Waals surface area contributed by atoms with Gasteiger partial charge in [0.25, 0.3) is 5.91 Å². The number of halogens is 1. The standard InChI is InChI=1S/C15H17ClN4O/c1-9(2)19-15-17-7-11(8-18-15)14(21)20-13-5-4-12(16)6-10(13)3/h4-9H,1-3H3,(H,20,21)(H,17,18,19). The van der Waals surface area contributed by atoms with E-state index >= 15 is 0 Å². The largest absolute Gasteiger partial charge is 0.352 e. The fourth-order valence-electron chi connectivity index (χ4n) is 1.74. The Morgan fingerprint density at radius 3 is 2.48 bits per heavy atom. The summed E-state index contributed by atoms with van der Waals surface area (Å²) in [7, 11) is 0. The van der Waals surface area contributed by atoms with E-state index in [1.807, 2.05) is 20.8 Å². The Balaban J connectivity index is 2.09. The number of amides is 1. The number of anilines is 2. The van der Waals surface area contributed by atoms with Crippen molar-refractivity contribution < 1.29 is 4.79 Å². The number of benzene rings is 1. The third-order valence-corrected chi connectivity index (χ3v) is 3.00. The lowest BCUT2D eigenvalue weighted by Gasteiger charge is -2.10. The van der Waals surface area contributed by atoms with E-state index in [9.17, 15) is 4.79 Å². The van der Waals surface area contributed by atoms with E-state index in [1.165, 1.54) is 12.4 Å². The van der Waals surface area contributed by atoms with Crippen molar-refractivity contribution in [2.75, 3.05) is 10.6 Å². The SMILES string of the molecule is Cc1cc(Cl)ccc1NC(=O)c1cnc(NC(C)C)nc1. The van der Waals surface area contributed by atoms with Crippen molar-refractivity contribution in [3.63, 3.8) is 0 Å². The summed E-state index contributed by atoms with van der Waals surface area (Å²) < 4.78 is 0. The van der Waals surface area contributed by atoms with Crippen molar-refractivity contribution in [2.24, 2.45) is 0 Å². The van der Waals surface area contributed by atoms with E-state index in [4.69, 9.17) is 11.6 Å². The molecule has 2 rings (SSSR count). The maximum Gasteiger partial charge on any atom is 0.258 e. The second-order valence-electron chi connectivity index (χ2n) is 5.01. The minimum atomic E-state index is -0.253. The molecule has 0 aliphatic rings. The summed E-state index contributed by atoms with van der Waals surface area (Å²) in [6, 6.07) is 5.53. The van der Waals surface area contributed by atoms with Crippen LogP contribution in [0.25, 0.3) is 0 Å². The van der Waals surface area contributed by atoms with Crippen LogP contribution in [0.3, 0.4) is 0 Å². The van der Waals surface area contributed by atoms with Gasteiger partial charge in [0.1, 0.15) is 0 Å². The summed E-state index contributed by atoms with van der Waals surface area (Å²) in [4.78, 5) is 20.4. The average Bonchev–Trinajstić information content (AvgIpc) is 2.42. The molecule has 0 fully saturated rings. The second-order valence-corrected chi connectivity index (χ2v) is 5.44. The molecule has 0 radical (unpaired) electrons. The molecule has 0 saturated heterocycles. The zero-order chi connectivity index (χ0) is 15.4. The number of aryl methyl sites for hydroxylation is 1. The molecule has 0 atom stereocenters. The molecule has 21 heavy (non-hydrogen) atoms. The van der Waals surface area contributed by atoms with E-state index in [-0.39, 0.29) is 11.9 Å². The van der Waals surface area contributed by atoms with Gasteiger partial charge < -0.3 is 10.6 Å². The molecule has 5 nitrogen and oxygen atoms in total. The van der Waals surface area contributed by atoms with Crippen LogP contribution in [0.15, 0.2) is 30.6 Å². The van der Waals surface area contributed by atoms with Gasteiger partial charge in [-0.05, 0) is 44.5 Å². The average molecular weight is 305 g/mol. The molecule has 0 saturated carbocycles. The highest BCUT2D eigenvalue weighted by molar-refractivity contribution is 6.30. The summed E-state index contributed by atoms with van der Waals surface area (Å²) in [5.74, 6) is 0.251. The highest BCUT2D eigenvalue weighted by Crippen LogP contribution is 2.20. The van der Waals surface area contributed by atoms with Crippen molar-refractivity contribution in [1.29, 1.82) is 0 Å². The Kier molecular flexibility index (Phi) is 4.75. The molecule has 1 aromatic heterocycles. The molecule has 1 amide bonds. The van der Waals surface area contributed by atoms with Gasteiger partial charge in [0, 0.05) is 29.1 Å². The number of carbonyl (C=O) groups is 1. The monoisotopic (exact) mass is 304 g/mol. The summed E-state index contributed by atoms with van der Waals surface area (Å²) in [6.45, 7) is 5.87. The lowest BCUT2D eigenvalue weighted by atomic mass is 10.2. The van der Waals surface area contributed by atoms with Gasteiger partial charge in [0.15, 0.2) is 0 Å². The van der Waals surface area contributed by atoms with Gasteiger partial charge in [-0.1, -0.05) is 11.6 Å². The van der Waals surface area contributed by atoms with Gasteiger partial charge in [0.05, 0.1) is 5.56 Å². The fraction of sp³-hybridized carbons (Fsp3) is 0.267. The Morgan fingerprint density at radius 2 is 1.90 bits per heavy atom. The van der Waals surface area contributed by atoms with Gasteiger partial charge >= 0.3 is 0 Å². The third-order valence-electron chi connectivity index (χ3n) is 2.77. The number of aromatic nitrogens is 2. The van der Waals surface area contributed by atoms with Crippen molar-refractivity contribution in [2.45, 2.75) is 26.8 Å². The van der Waals surface area contributed by atoms with Crippen LogP contribution < -0.4 is 10.6 Å². The summed E-state index contributed by atoms with van der Waals surface area (Å²) in [5.41, 5.74) is 2.02. The smallest absolute Gasteiger partial charge is 0.258 e. The van der Waals surface area contributed by atoms with Crippen LogP contribution >= 0.6 is 11.6 Å². The summed E-state index contributed by atoms with van der Waals surface area (Å²) in [6.07, 6.45) is 3.00. The lowest BCUT2D eigenvalue weighted by Crippen LogP contribution is -2.16. The molecule has 0 spiro atoms. The van der Waals surface area contributed by atoms with Crippen LogP contribution in [0.1, 0.15) is 29.8 Å². The maximum absolute atomic E-state index is 12.1. The topological polar surface area (TPSA) is 66.9 Å². The first kappa shape index (κ1) is 15.3. The number of hydrogen-bond acceptors (Lipinski definition) is 4. The van der Waals surface area contributed by atoms with Gasteiger partial charge in [0.2, 0.25) is 5.95 Å². The molecule has 0 aliphatic heterocycles. The predicted octanol–water partition coefficient (Wildman–Crippen LogP) is 3.51. The summed E-state index contributed by atoms with van der Waals surface area (Å²) >= 11 is 5.89. The normalized spacial score (nSPS) is 10.5. The Labute approximate surface area is 128 Å². The Hall–Kier alpha value is -2.14. The first-order valence-electron chi connectivity index (χ1n) is 6.62. The number of nitrogens with one attached hydrogen (secondary N) is 2. The van der Waals surface area contributed by atoms with Gasteiger partial charge in [-0.2, -0.15) is 0 Å². The summed E-state index contributed by atoms with van der Waals surface area (Å²) in [5, 5.41) is 6.52. The number of nitrogens with zero attached hydrogens (tertiary/aromatic N) is 2. The first-order valence-corrected chi connectivity index (χ1v) is 6.99. The van der Waals surface area contributed by atoms with E-state index in [0.29, 0.717) is 22.2 Å². The van der Waals surface area contributed by atoms with Crippen LogP contribution in [0, 0.1) is 6.92 Å². The molecule has 0 aliphatic carbocycles. The minimum absolute atomic E-state index is 0.237. The van der Waals surface area contributed by atoms with Crippen LogP contribution in [0.5, 0.6) is 0 Å². The lowest BCUT2D eigenvalue weighted by molar-refractivity contribution is 0.102. The van der Waals surface area contributed by atoms with Crippen molar-refractivity contribution in [1.82, 2.24) is 9.97 Å². The fourth-order valence-corrected chi connectivity index (χ4v) is 1.97. The zero-order valence-electron chi connectivity index (χ0n) is 12.1.